The molecule has 2 aromatic rings. The van der Waals surface area contributed by atoms with E-state index in [9.17, 15) is 4.79 Å². The molecule has 0 fully saturated rings. The lowest BCUT2D eigenvalue weighted by Crippen LogP contribution is -2.00. The quantitative estimate of drug-likeness (QED) is 0.601. The molecule has 2 nitrogen and oxygen atoms in total. The predicted molar refractivity (Wildman–Crippen MR) is 77.9 cm³/mol. The third-order valence-electron chi connectivity index (χ3n) is 2.83. The number of rotatable bonds is 3. The van der Waals surface area contributed by atoms with Gasteiger partial charge in [-0.2, -0.15) is 0 Å². The van der Waals surface area contributed by atoms with Crippen LogP contribution in [0.15, 0.2) is 55.1 Å². The van der Waals surface area contributed by atoms with Crippen molar-refractivity contribution in [2.45, 2.75) is 13.8 Å². The molecule has 0 aliphatic heterocycles. The molecule has 0 N–H and O–H groups in total. The molecule has 0 amide bonds. The summed E-state index contributed by atoms with van der Waals surface area (Å²) in [5.74, 6) is 0.258. The standard InChI is InChI=1S/C17H16O2/c1-12(2)14-4-6-15(7-5-14)16-8-10-17(11-9-16)19-13(3)18/h4-11H,1H2,2-3H3. The van der Waals surface area contributed by atoms with Crippen molar-refractivity contribution in [2.75, 3.05) is 0 Å². The SMILES string of the molecule is C=C(C)c1ccc(-c2ccc(OC(C)=O)cc2)cc1. The molecular weight excluding hydrogens is 236 g/mol. The summed E-state index contributed by atoms with van der Waals surface area (Å²) in [4.78, 5) is 10.8. The Kier molecular flexibility index (Phi) is 3.81. The summed E-state index contributed by atoms with van der Waals surface area (Å²) in [5.41, 5.74) is 4.40. The Labute approximate surface area is 113 Å². The van der Waals surface area contributed by atoms with Gasteiger partial charge in [-0.25, -0.2) is 0 Å². The molecule has 0 aliphatic carbocycles. The molecule has 0 unspecified atom stereocenters. The van der Waals surface area contributed by atoms with Gasteiger partial charge in [0, 0.05) is 6.92 Å². The summed E-state index contributed by atoms with van der Waals surface area (Å²) in [5, 5.41) is 0. The van der Waals surface area contributed by atoms with Crippen LogP contribution in [0.1, 0.15) is 19.4 Å². The van der Waals surface area contributed by atoms with Crippen molar-refractivity contribution in [3.8, 4) is 16.9 Å². The largest absolute Gasteiger partial charge is 0.427 e. The molecule has 0 bridgehead atoms. The maximum absolute atomic E-state index is 10.8. The summed E-state index contributed by atoms with van der Waals surface area (Å²) in [6.45, 7) is 7.30. The molecule has 0 aliphatic rings. The highest BCUT2D eigenvalue weighted by Crippen LogP contribution is 2.24. The van der Waals surface area contributed by atoms with Crippen molar-refractivity contribution >= 4 is 11.5 Å². The molecular formula is C17H16O2. The Bertz CT molecular complexity index is 592. The van der Waals surface area contributed by atoms with Gasteiger partial charge in [-0.3, -0.25) is 4.79 Å². The zero-order chi connectivity index (χ0) is 13.8. The van der Waals surface area contributed by atoms with Gasteiger partial charge in [-0.1, -0.05) is 48.6 Å². The van der Waals surface area contributed by atoms with Crippen LogP contribution < -0.4 is 4.74 Å². The number of benzene rings is 2. The minimum Gasteiger partial charge on any atom is -0.427 e. The Morgan fingerprint density at radius 1 is 0.895 bits per heavy atom. The van der Waals surface area contributed by atoms with E-state index >= 15 is 0 Å². The van der Waals surface area contributed by atoms with E-state index in [1.807, 2.05) is 19.1 Å². The van der Waals surface area contributed by atoms with Gasteiger partial charge in [0.25, 0.3) is 0 Å². The summed E-state index contributed by atoms with van der Waals surface area (Å²) in [7, 11) is 0. The second-order valence-corrected chi connectivity index (χ2v) is 4.48. The van der Waals surface area contributed by atoms with Crippen molar-refractivity contribution in [3.05, 3.63) is 60.7 Å². The van der Waals surface area contributed by atoms with E-state index in [0.717, 1.165) is 22.3 Å². The second kappa shape index (κ2) is 5.53. The fourth-order valence-electron chi connectivity index (χ4n) is 1.83. The lowest BCUT2D eigenvalue weighted by atomic mass is 10.0. The number of hydrogen-bond acceptors (Lipinski definition) is 2. The number of allylic oxidation sites excluding steroid dienone is 1. The summed E-state index contributed by atoms with van der Waals surface area (Å²) in [6.07, 6.45) is 0. The van der Waals surface area contributed by atoms with Gasteiger partial charge in [-0.05, 0) is 35.7 Å². The van der Waals surface area contributed by atoms with E-state index in [1.165, 1.54) is 6.92 Å². The lowest BCUT2D eigenvalue weighted by Gasteiger charge is -2.06. The number of esters is 1. The van der Waals surface area contributed by atoms with Crippen LogP contribution in [-0.2, 0) is 4.79 Å². The highest BCUT2D eigenvalue weighted by molar-refractivity contribution is 5.71. The molecule has 0 heterocycles. The first-order valence-electron chi connectivity index (χ1n) is 6.11. The molecule has 0 aromatic heterocycles. The number of carbonyl (C=O) groups is 1. The van der Waals surface area contributed by atoms with Gasteiger partial charge >= 0.3 is 5.97 Å². The van der Waals surface area contributed by atoms with Crippen LogP contribution >= 0.6 is 0 Å². The van der Waals surface area contributed by atoms with Crippen LogP contribution in [-0.4, -0.2) is 5.97 Å². The van der Waals surface area contributed by atoms with E-state index < -0.39 is 0 Å². The van der Waals surface area contributed by atoms with Crippen LogP contribution in [0, 0.1) is 0 Å². The van der Waals surface area contributed by atoms with Gasteiger partial charge in [0.05, 0.1) is 0 Å². The first-order valence-corrected chi connectivity index (χ1v) is 6.11. The normalized spacial score (nSPS) is 10.0. The van der Waals surface area contributed by atoms with Gasteiger partial charge in [-0.15, -0.1) is 0 Å². The van der Waals surface area contributed by atoms with Crippen molar-refractivity contribution < 1.29 is 9.53 Å². The first kappa shape index (κ1) is 13.1. The fraction of sp³-hybridized carbons (Fsp3) is 0.118. The first-order chi connectivity index (χ1) is 9.06. The minimum absolute atomic E-state index is 0.307. The van der Waals surface area contributed by atoms with Crippen molar-refractivity contribution in [1.29, 1.82) is 0 Å². The van der Waals surface area contributed by atoms with Crippen molar-refractivity contribution in [1.82, 2.24) is 0 Å². The maximum Gasteiger partial charge on any atom is 0.308 e. The number of carbonyl (C=O) groups excluding carboxylic acids is 1. The van der Waals surface area contributed by atoms with Crippen molar-refractivity contribution in [2.24, 2.45) is 0 Å². The Balaban J connectivity index is 2.22. The van der Waals surface area contributed by atoms with Crippen molar-refractivity contribution in [3.63, 3.8) is 0 Å². The van der Waals surface area contributed by atoms with E-state index in [-0.39, 0.29) is 5.97 Å². The third-order valence-corrected chi connectivity index (χ3v) is 2.83. The number of hydrogen-bond donors (Lipinski definition) is 0. The Hall–Kier alpha value is -2.35. The molecule has 0 saturated carbocycles. The molecule has 0 saturated heterocycles. The van der Waals surface area contributed by atoms with Crippen LogP contribution in [0.2, 0.25) is 0 Å². The fourth-order valence-corrected chi connectivity index (χ4v) is 1.83. The van der Waals surface area contributed by atoms with Crippen LogP contribution in [0.3, 0.4) is 0 Å². The third kappa shape index (κ3) is 3.32. The van der Waals surface area contributed by atoms with Gasteiger partial charge in [0.15, 0.2) is 0 Å². The topological polar surface area (TPSA) is 26.3 Å². The summed E-state index contributed by atoms with van der Waals surface area (Å²) >= 11 is 0. The smallest absolute Gasteiger partial charge is 0.308 e. The molecule has 2 heteroatoms. The summed E-state index contributed by atoms with van der Waals surface area (Å²) < 4.78 is 5.01. The highest BCUT2D eigenvalue weighted by atomic mass is 16.5. The van der Waals surface area contributed by atoms with Crippen LogP contribution in [0.5, 0.6) is 5.75 Å². The molecule has 2 rings (SSSR count). The second-order valence-electron chi connectivity index (χ2n) is 4.48. The van der Waals surface area contributed by atoms with Crippen LogP contribution in [0.25, 0.3) is 16.7 Å². The monoisotopic (exact) mass is 252 g/mol. The average molecular weight is 252 g/mol. The molecule has 19 heavy (non-hydrogen) atoms. The van der Waals surface area contributed by atoms with Crippen LogP contribution in [0.4, 0.5) is 0 Å². The Morgan fingerprint density at radius 2 is 1.37 bits per heavy atom. The number of ether oxygens (including phenoxy) is 1. The molecule has 96 valence electrons. The molecule has 0 radical (unpaired) electrons. The highest BCUT2D eigenvalue weighted by Gasteiger charge is 2.01. The average Bonchev–Trinajstić information content (AvgIpc) is 2.39. The van der Waals surface area contributed by atoms with E-state index in [4.69, 9.17) is 4.74 Å². The van der Waals surface area contributed by atoms with Gasteiger partial charge in [0.2, 0.25) is 0 Å². The maximum atomic E-state index is 10.8. The van der Waals surface area contributed by atoms with Gasteiger partial charge < -0.3 is 4.74 Å². The van der Waals surface area contributed by atoms with E-state index in [0.29, 0.717) is 5.75 Å². The predicted octanol–water partition coefficient (Wildman–Crippen LogP) is 4.31. The zero-order valence-corrected chi connectivity index (χ0v) is 11.1. The molecule has 0 spiro atoms. The van der Waals surface area contributed by atoms with Gasteiger partial charge in [0.1, 0.15) is 5.75 Å². The zero-order valence-electron chi connectivity index (χ0n) is 11.1. The molecule has 0 atom stereocenters. The lowest BCUT2D eigenvalue weighted by molar-refractivity contribution is -0.131. The van der Waals surface area contributed by atoms with E-state index in [2.05, 4.69) is 30.8 Å². The van der Waals surface area contributed by atoms with E-state index in [1.54, 1.807) is 12.1 Å². The summed E-state index contributed by atoms with van der Waals surface area (Å²) in [6, 6.07) is 15.7. The Morgan fingerprint density at radius 3 is 1.79 bits per heavy atom. The minimum atomic E-state index is -0.307. The molecule has 2 aromatic carbocycles.